The summed E-state index contributed by atoms with van der Waals surface area (Å²) < 4.78 is 7.28. The van der Waals surface area contributed by atoms with Crippen LogP contribution in [0.15, 0.2) is 79.3 Å². The molecule has 2 heterocycles. The molecule has 2 aromatic carbocycles. The Hall–Kier alpha value is -4.04. The Morgan fingerprint density at radius 3 is 2.43 bits per heavy atom. The Kier molecular flexibility index (Phi) is 5.49. The van der Waals surface area contributed by atoms with Crippen LogP contribution in [0.3, 0.4) is 0 Å². The van der Waals surface area contributed by atoms with E-state index in [1.54, 1.807) is 30.6 Å². The van der Waals surface area contributed by atoms with Crippen molar-refractivity contribution >= 4 is 5.91 Å². The predicted octanol–water partition coefficient (Wildman–Crippen LogP) is 2.68. The second kappa shape index (κ2) is 8.54. The maximum absolute atomic E-state index is 11.9. The number of aromatic nitrogens is 4. The summed E-state index contributed by atoms with van der Waals surface area (Å²) in [5.74, 6) is 0.411. The minimum absolute atomic E-state index is 0.148. The van der Waals surface area contributed by atoms with Crippen molar-refractivity contribution < 1.29 is 14.6 Å². The molecule has 8 nitrogen and oxygen atoms in total. The van der Waals surface area contributed by atoms with Crippen LogP contribution in [-0.4, -0.2) is 37.4 Å². The highest BCUT2D eigenvalue weighted by molar-refractivity contribution is 5.94. The number of aliphatic hydroxyl groups excluding tert-OH is 1. The van der Waals surface area contributed by atoms with Crippen LogP contribution >= 0.6 is 0 Å². The zero-order chi connectivity index (χ0) is 20.9. The van der Waals surface area contributed by atoms with E-state index in [4.69, 9.17) is 10.5 Å². The molecule has 4 aromatic rings. The lowest BCUT2D eigenvalue weighted by atomic mass is 9.93. The van der Waals surface area contributed by atoms with Gasteiger partial charge in [-0.25, -0.2) is 14.6 Å². The second-order valence-electron chi connectivity index (χ2n) is 6.50. The highest BCUT2D eigenvalue weighted by atomic mass is 16.5. The van der Waals surface area contributed by atoms with E-state index in [0.717, 1.165) is 11.3 Å². The number of nitrogens with zero attached hydrogens (tertiary/aromatic N) is 4. The molecule has 1 amide bonds. The molecule has 0 bridgehead atoms. The van der Waals surface area contributed by atoms with Crippen molar-refractivity contribution in [1.82, 2.24) is 19.7 Å². The first-order valence-electron chi connectivity index (χ1n) is 9.26. The van der Waals surface area contributed by atoms with Gasteiger partial charge in [-0.3, -0.25) is 4.79 Å². The Morgan fingerprint density at radius 1 is 1.07 bits per heavy atom. The topological polar surface area (TPSA) is 116 Å². The minimum Gasteiger partial charge on any atom is -0.457 e. The van der Waals surface area contributed by atoms with Crippen LogP contribution in [0.2, 0.25) is 0 Å². The van der Waals surface area contributed by atoms with Crippen LogP contribution < -0.4 is 10.5 Å². The quantitative estimate of drug-likeness (QED) is 0.492. The number of para-hydroxylation sites is 1. The number of carbonyl (C=O) groups excluding carboxylic acids is 1. The summed E-state index contributed by atoms with van der Waals surface area (Å²) in [7, 11) is 0. The van der Waals surface area contributed by atoms with Crippen molar-refractivity contribution in [3.8, 4) is 17.4 Å². The average Bonchev–Trinajstić information content (AvgIpc) is 3.31. The van der Waals surface area contributed by atoms with Crippen molar-refractivity contribution in [1.29, 1.82) is 0 Å². The number of aliphatic hydroxyl groups is 1. The van der Waals surface area contributed by atoms with Gasteiger partial charge in [0, 0.05) is 18.6 Å². The van der Waals surface area contributed by atoms with Crippen LogP contribution in [-0.2, 0) is 0 Å². The van der Waals surface area contributed by atoms with Gasteiger partial charge in [0.1, 0.15) is 11.5 Å². The summed E-state index contributed by atoms with van der Waals surface area (Å²) in [5.41, 5.74) is 6.76. The summed E-state index contributed by atoms with van der Waals surface area (Å²) in [6.07, 6.45) is 4.64. The van der Waals surface area contributed by atoms with Crippen molar-refractivity contribution in [3.05, 3.63) is 96.1 Å². The lowest BCUT2D eigenvalue weighted by Gasteiger charge is -2.18. The third-order valence-corrected chi connectivity index (χ3v) is 4.55. The lowest BCUT2D eigenvalue weighted by molar-refractivity contribution is 0.0998. The van der Waals surface area contributed by atoms with Crippen LogP contribution in [0.4, 0.5) is 0 Å². The zero-order valence-electron chi connectivity index (χ0n) is 15.9. The Balaban J connectivity index is 1.67. The van der Waals surface area contributed by atoms with Crippen LogP contribution in [0.1, 0.15) is 27.5 Å². The molecule has 0 saturated carbocycles. The smallest absolute Gasteiger partial charge is 0.252 e. The molecule has 150 valence electrons. The van der Waals surface area contributed by atoms with E-state index in [0.29, 0.717) is 11.4 Å². The van der Waals surface area contributed by atoms with E-state index in [1.165, 1.54) is 10.9 Å². The third-order valence-electron chi connectivity index (χ3n) is 4.55. The van der Waals surface area contributed by atoms with Gasteiger partial charge in [0.25, 0.3) is 11.9 Å². The fraction of sp³-hybridized carbons (Fsp3) is 0.0909. The molecule has 0 aliphatic heterocycles. The predicted molar refractivity (Wildman–Crippen MR) is 110 cm³/mol. The van der Waals surface area contributed by atoms with Gasteiger partial charge >= 0.3 is 0 Å². The van der Waals surface area contributed by atoms with E-state index < -0.39 is 11.8 Å². The number of hydrogen-bond acceptors (Lipinski definition) is 6. The Bertz CT molecular complexity index is 1130. The van der Waals surface area contributed by atoms with Gasteiger partial charge in [-0.2, -0.15) is 5.10 Å². The molecule has 0 saturated heterocycles. The number of nitrogens with two attached hydrogens (primary N) is 1. The van der Waals surface area contributed by atoms with Crippen molar-refractivity contribution in [2.75, 3.05) is 6.61 Å². The maximum Gasteiger partial charge on any atom is 0.252 e. The van der Waals surface area contributed by atoms with Gasteiger partial charge < -0.3 is 15.6 Å². The van der Waals surface area contributed by atoms with Gasteiger partial charge in [-0.15, -0.1) is 0 Å². The number of carbonyl (C=O) groups is 1. The number of primary amides is 1. The summed E-state index contributed by atoms with van der Waals surface area (Å²) in [5, 5.41) is 14.2. The van der Waals surface area contributed by atoms with Crippen LogP contribution in [0, 0.1) is 0 Å². The summed E-state index contributed by atoms with van der Waals surface area (Å²) >= 11 is 0. The first kappa shape index (κ1) is 19.3. The van der Waals surface area contributed by atoms with Gasteiger partial charge in [-0.05, 0) is 35.9 Å². The summed E-state index contributed by atoms with van der Waals surface area (Å²) in [6, 6.07) is 18.4. The second-order valence-corrected chi connectivity index (χ2v) is 6.50. The minimum atomic E-state index is -0.667. The van der Waals surface area contributed by atoms with Crippen LogP contribution in [0.5, 0.6) is 11.5 Å². The molecule has 0 unspecified atom stereocenters. The molecule has 0 aliphatic carbocycles. The molecule has 2 aromatic heterocycles. The van der Waals surface area contributed by atoms with Crippen molar-refractivity contribution in [3.63, 3.8) is 0 Å². The SMILES string of the molecule is NC(=O)c1cnc(-n2cccn2)nc1[C@@H](CO)c1ccc(Oc2ccccc2)cc1. The molecule has 0 aliphatic rings. The molecule has 1 atom stereocenters. The molecule has 0 radical (unpaired) electrons. The van der Waals surface area contributed by atoms with Crippen LogP contribution in [0.25, 0.3) is 5.95 Å². The van der Waals surface area contributed by atoms with E-state index in [2.05, 4.69) is 15.1 Å². The number of amides is 1. The maximum atomic E-state index is 11.9. The molecule has 4 rings (SSSR count). The van der Waals surface area contributed by atoms with E-state index in [-0.39, 0.29) is 18.1 Å². The summed E-state index contributed by atoms with van der Waals surface area (Å²) in [4.78, 5) is 20.6. The first-order chi connectivity index (χ1) is 14.7. The Morgan fingerprint density at radius 2 is 1.80 bits per heavy atom. The van der Waals surface area contributed by atoms with Crippen molar-refractivity contribution in [2.24, 2.45) is 5.73 Å². The molecule has 0 spiro atoms. The highest BCUT2D eigenvalue weighted by Gasteiger charge is 2.23. The number of hydrogen-bond donors (Lipinski definition) is 2. The lowest BCUT2D eigenvalue weighted by Crippen LogP contribution is -2.21. The molecule has 30 heavy (non-hydrogen) atoms. The fourth-order valence-corrected chi connectivity index (χ4v) is 3.08. The fourth-order valence-electron chi connectivity index (χ4n) is 3.08. The molecule has 8 heteroatoms. The largest absolute Gasteiger partial charge is 0.457 e. The van der Waals surface area contributed by atoms with E-state index in [9.17, 15) is 9.90 Å². The number of rotatable bonds is 7. The van der Waals surface area contributed by atoms with E-state index in [1.807, 2.05) is 42.5 Å². The number of ether oxygens (including phenoxy) is 1. The normalized spacial score (nSPS) is 11.8. The monoisotopic (exact) mass is 401 g/mol. The van der Waals surface area contributed by atoms with Crippen molar-refractivity contribution in [2.45, 2.75) is 5.92 Å². The van der Waals surface area contributed by atoms with Gasteiger partial charge in [0.15, 0.2) is 0 Å². The summed E-state index contributed by atoms with van der Waals surface area (Å²) in [6.45, 7) is -0.269. The average molecular weight is 401 g/mol. The highest BCUT2D eigenvalue weighted by Crippen LogP contribution is 2.29. The molecule has 3 N–H and O–H groups in total. The molecule has 0 fully saturated rings. The zero-order valence-corrected chi connectivity index (χ0v) is 15.9. The Labute approximate surface area is 172 Å². The standard InChI is InChI=1S/C22H19N5O3/c23-21(29)18-13-24-22(27-12-4-11-25-27)26-20(18)19(14-28)15-7-9-17(10-8-15)30-16-5-2-1-3-6-16/h1-13,19,28H,14H2,(H2,23,29)/t19-/m0/s1. The van der Waals surface area contributed by atoms with E-state index >= 15 is 0 Å². The first-order valence-corrected chi connectivity index (χ1v) is 9.26. The number of benzene rings is 2. The third kappa shape index (κ3) is 4.03. The van der Waals surface area contributed by atoms with Gasteiger partial charge in [-0.1, -0.05) is 30.3 Å². The molecular formula is C22H19N5O3. The van der Waals surface area contributed by atoms with Gasteiger partial charge in [0.05, 0.1) is 23.8 Å². The van der Waals surface area contributed by atoms with Gasteiger partial charge in [0.2, 0.25) is 0 Å². The molecular weight excluding hydrogens is 382 g/mol.